The lowest BCUT2D eigenvalue weighted by Gasteiger charge is -2.47. The molecule has 0 aromatic carbocycles. The van der Waals surface area contributed by atoms with Crippen LogP contribution in [0.25, 0.3) is 0 Å². The third-order valence-corrected chi connectivity index (χ3v) is 3.73. The number of nitrogens with one attached hydrogen (secondary N) is 1. The van der Waals surface area contributed by atoms with Crippen LogP contribution in [0, 0.1) is 5.92 Å². The molecule has 17 heavy (non-hydrogen) atoms. The van der Waals surface area contributed by atoms with Gasteiger partial charge >= 0.3 is 0 Å². The summed E-state index contributed by atoms with van der Waals surface area (Å²) >= 11 is 0. The van der Waals surface area contributed by atoms with Crippen molar-refractivity contribution in [3.05, 3.63) is 0 Å². The molecule has 1 rings (SSSR count). The van der Waals surface area contributed by atoms with Gasteiger partial charge in [0.1, 0.15) is 0 Å². The van der Waals surface area contributed by atoms with E-state index < -0.39 is 0 Å². The standard InChI is InChI=1S/C14H30N2O/c1-6-8-17-9-7-16-10-13(12(2)3)15-11-14(16,4)5/h12-13,15H,6-11H2,1-5H3. The molecule has 1 fully saturated rings. The molecule has 0 saturated carbocycles. The van der Waals surface area contributed by atoms with Gasteiger partial charge < -0.3 is 10.1 Å². The van der Waals surface area contributed by atoms with Crippen molar-refractivity contribution in [3.8, 4) is 0 Å². The maximum atomic E-state index is 5.61. The average Bonchev–Trinajstić information content (AvgIpc) is 2.25. The van der Waals surface area contributed by atoms with Crippen LogP contribution in [-0.2, 0) is 4.74 Å². The van der Waals surface area contributed by atoms with Gasteiger partial charge in [-0.15, -0.1) is 0 Å². The number of hydrogen-bond acceptors (Lipinski definition) is 3. The highest BCUT2D eigenvalue weighted by molar-refractivity contribution is 4.93. The number of hydrogen-bond donors (Lipinski definition) is 1. The summed E-state index contributed by atoms with van der Waals surface area (Å²) in [6.45, 7) is 16.4. The van der Waals surface area contributed by atoms with Crippen LogP contribution in [0.3, 0.4) is 0 Å². The van der Waals surface area contributed by atoms with Crippen LogP contribution in [0.15, 0.2) is 0 Å². The largest absolute Gasteiger partial charge is 0.380 e. The maximum Gasteiger partial charge on any atom is 0.0593 e. The maximum absolute atomic E-state index is 5.61. The van der Waals surface area contributed by atoms with Gasteiger partial charge in [-0.2, -0.15) is 0 Å². The highest BCUT2D eigenvalue weighted by atomic mass is 16.5. The van der Waals surface area contributed by atoms with Crippen LogP contribution >= 0.6 is 0 Å². The van der Waals surface area contributed by atoms with Gasteiger partial charge in [0.25, 0.3) is 0 Å². The topological polar surface area (TPSA) is 24.5 Å². The second-order valence-electron chi connectivity index (χ2n) is 6.10. The Bertz CT molecular complexity index is 216. The van der Waals surface area contributed by atoms with Crippen LogP contribution in [0.1, 0.15) is 41.0 Å². The molecule has 1 aliphatic heterocycles. The predicted molar refractivity (Wildman–Crippen MR) is 73.4 cm³/mol. The Hall–Kier alpha value is -0.120. The fourth-order valence-electron chi connectivity index (χ4n) is 2.30. The second kappa shape index (κ2) is 6.72. The number of ether oxygens (including phenoxy) is 1. The second-order valence-corrected chi connectivity index (χ2v) is 6.10. The molecule has 1 atom stereocenters. The minimum atomic E-state index is 0.251. The van der Waals surface area contributed by atoms with Gasteiger partial charge in [0.05, 0.1) is 6.61 Å². The molecule has 3 nitrogen and oxygen atoms in total. The zero-order valence-electron chi connectivity index (χ0n) is 12.3. The zero-order chi connectivity index (χ0) is 12.9. The summed E-state index contributed by atoms with van der Waals surface area (Å²) in [7, 11) is 0. The molecule has 0 aromatic heterocycles. The van der Waals surface area contributed by atoms with Crippen LogP contribution in [0.4, 0.5) is 0 Å². The van der Waals surface area contributed by atoms with Gasteiger partial charge in [0.2, 0.25) is 0 Å². The lowest BCUT2D eigenvalue weighted by Crippen LogP contribution is -2.63. The Morgan fingerprint density at radius 1 is 1.35 bits per heavy atom. The van der Waals surface area contributed by atoms with Crippen molar-refractivity contribution in [3.63, 3.8) is 0 Å². The molecule has 1 heterocycles. The van der Waals surface area contributed by atoms with E-state index in [2.05, 4.69) is 44.8 Å². The van der Waals surface area contributed by atoms with Gasteiger partial charge in [-0.05, 0) is 26.2 Å². The number of piperazine rings is 1. The molecule has 0 aliphatic carbocycles. The molecule has 0 amide bonds. The Morgan fingerprint density at radius 2 is 2.06 bits per heavy atom. The van der Waals surface area contributed by atoms with Gasteiger partial charge in [0, 0.05) is 37.8 Å². The molecule has 3 heteroatoms. The van der Waals surface area contributed by atoms with E-state index in [1.807, 2.05) is 0 Å². The third kappa shape index (κ3) is 4.57. The Balaban J connectivity index is 2.41. The van der Waals surface area contributed by atoms with Gasteiger partial charge in [-0.3, -0.25) is 4.90 Å². The summed E-state index contributed by atoms with van der Waals surface area (Å²) in [6, 6.07) is 0.620. The first kappa shape index (κ1) is 14.9. The van der Waals surface area contributed by atoms with Crippen LogP contribution < -0.4 is 5.32 Å². The normalized spacial score (nSPS) is 25.4. The van der Waals surface area contributed by atoms with Crippen LogP contribution in [-0.4, -0.2) is 49.3 Å². The van der Waals surface area contributed by atoms with Crippen molar-refractivity contribution >= 4 is 0 Å². The minimum Gasteiger partial charge on any atom is -0.380 e. The van der Waals surface area contributed by atoms with E-state index >= 15 is 0 Å². The van der Waals surface area contributed by atoms with Crippen LogP contribution in [0.5, 0.6) is 0 Å². The zero-order valence-corrected chi connectivity index (χ0v) is 12.3. The van der Waals surface area contributed by atoms with Crippen molar-refractivity contribution in [1.82, 2.24) is 10.2 Å². The summed E-state index contributed by atoms with van der Waals surface area (Å²) in [6.07, 6.45) is 1.11. The Labute approximate surface area is 107 Å². The van der Waals surface area contributed by atoms with E-state index in [4.69, 9.17) is 4.74 Å². The first-order chi connectivity index (χ1) is 7.97. The molecule has 1 saturated heterocycles. The summed E-state index contributed by atoms with van der Waals surface area (Å²) in [5.41, 5.74) is 0.251. The molecule has 0 bridgehead atoms. The van der Waals surface area contributed by atoms with Crippen LogP contribution in [0.2, 0.25) is 0 Å². The minimum absolute atomic E-state index is 0.251. The first-order valence-electron chi connectivity index (χ1n) is 7.03. The number of nitrogens with zero attached hydrogens (tertiary/aromatic N) is 1. The lowest BCUT2D eigenvalue weighted by molar-refractivity contribution is 0.0218. The molecule has 0 aromatic rings. The Morgan fingerprint density at radius 3 is 2.65 bits per heavy atom. The average molecular weight is 242 g/mol. The molecule has 1 unspecified atom stereocenters. The molecule has 102 valence electrons. The monoisotopic (exact) mass is 242 g/mol. The third-order valence-electron chi connectivity index (χ3n) is 3.73. The van der Waals surface area contributed by atoms with Crippen molar-refractivity contribution in [2.45, 2.75) is 52.6 Å². The van der Waals surface area contributed by atoms with Gasteiger partial charge in [-0.1, -0.05) is 20.8 Å². The molecule has 0 radical (unpaired) electrons. The van der Waals surface area contributed by atoms with E-state index in [0.29, 0.717) is 12.0 Å². The van der Waals surface area contributed by atoms with E-state index in [-0.39, 0.29) is 5.54 Å². The fraction of sp³-hybridized carbons (Fsp3) is 1.00. The van der Waals surface area contributed by atoms with Crippen molar-refractivity contribution < 1.29 is 4.74 Å². The summed E-state index contributed by atoms with van der Waals surface area (Å²) in [4.78, 5) is 2.57. The predicted octanol–water partition coefficient (Wildman–Crippen LogP) is 2.12. The van der Waals surface area contributed by atoms with Gasteiger partial charge in [0.15, 0.2) is 0 Å². The van der Waals surface area contributed by atoms with Crippen molar-refractivity contribution in [2.75, 3.05) is 32.8 Å². The van der Waals surface area contributed by atoms with Crippen molar-refractivity contribution in [2.24, 2.45) is 5.92 Å². The van der Waals surface area contributed by atoms with E-state index in [1.54, 1.807) is 0 Å². The summed E-state index contributed by atoms with van der Waals surface area (Å²) < 4.78 is 5.61. The SMILES string of the molecule is CCCOCCN1CC(C(C)C)NCC1(C)C. The first-order valence-corrected chi connectivity index (χ1v) is 7.03. The van der Waals surface area contributed by atoms with E-state index in [1.165, 1.54) is 0 Å². The number of rotatable bonds is 6. The Kier molecular flexibility index (Phi) is 5.90. The highest BCUT2D eigenvalue weighted by Crippen LogP contribution is 2.20. The van der Waals surface area contributed by atoms with Crippen molar-refractivity contribution in [1.29, 1.82) is 0 Å². The smallest absolute Gasteiger partial charge is 0.0593 e. The molecule has 0 spiro atoms. The van der Waals surface area contributed by atoms with E-state index in [9.17, 15) is 0 Å². The summed E-state index contributed by atoms with van der Waals surface area (Å²) in [5.74, 6) is 0.699. The molecule has 1 aliphatic rings. The van der Waals surface area contributed by atoms with Gasteiger partial charge in [-0.25, -0.2) is 0 Å². The van der Waals surface area contributed by atoms with E-state index in [0.717, 1.165) is 39.3 Å². The molecular weight excluding hydrogens is 212 g/mol. The molecule has 1 N–H and O–H groups in total. The quantitative estimate of drug-likeness (QED) is 0.722. The fourth-order valence-corrected chi connectivity index (χ4v) is 2.30. The summed E-state index contributed by atoms with van der Waals surface area (Å²) in [5, 5.41) is 3.66. The lowest BCUT2D eigenvalue weighted by atomic mass is 9.93. The highest BCUT2D eigenvalue weighted by Gasteiger charge is 2.34. The molecular formula is C14H30N2O.